The first kappa shape index (κ1) is 21.3. The number of sulfonamides is 1. The van der Waals surface area contributed by atoms with Gasteiger partial charge in [-0.3, -0.25) is 9.78 Å². The average Bonchev–Trinajstić information content (AvgIpc) is 2.69. The molecule has 2 aromatic rings. The molecule has 1 aromatic carbocycles. The Hall–Kier alpha value is -2.45. The van der Waals surface area contributed by atoms with Crippen molar-refractivity contribution in [3.05, 3.63) is 48.3 Å². The number of phenolic OH excluding ortho intramolecular Hbond substituents is 1. The van der Waals surface area contributed by atoms with E-state index in [2.05, 4.69) is 31.1 Å². The Kier molecular flexibility index (Phi) is 5.95. The number of hydrogen-bond acceptors (Lipinski definition) is 5. The number of carbonyl (C=O) groups is 1. The summed E-state index contributed by atoms with van der Waals surface area (Å²) < 4.78 is 26.8. The summed E-state index contributed by atoms with van der Waals surface area (Å²) in [4.78, 5) is 16.7. The molecular formula is C21H27N3O4S. The molecule has 0 unspecified atom stereocenters. The van der Waals surface area contributed by atoms with Gasteiger partial charge in [0.05, 0.1) is 5.69 Å². The Balaban J connectivity index is 1.65. The fraction of sp³-hybridized carbons (Fsp3) is 0.429. The number of rotatable bonds is 4. The maximum absolute atomic E-state index is 12.7. The van der Waals surface area contributed by atoms with Crippen LogP contribution in [0.15, 0.2) is 47.6 Å². The molecule has 2 N–H and O–H groups in total. The van der Waals surface area contributed by atoms with Crippen LogP contribution < -0.4 is 5.32 Å². The van der Waals surface area contributed by atoms with Gasteiger partial charge in [0, 0.05) is 31.4 Å². The summed E-state index contributed by atoms with van der Waals surface area (Å²) in [6.07, 6.45) is 3.70. The van der Waals surface area contributed by atoms with Gasteiger partial charge in [0.2, 0.25) is 15.9 Å². The number of amides is 1. The van der Waals surface area contributed by atoms with Crippen LogP contribution in [0.2, 0.25) is 0 Å². The van der Waals surface area contributed by atoms with Crippen molar-refractivity contribution in [1.29, 1.82) is 0 Å². The number of benzene rings is 1. The van der Waals surface area contributed by atoms with E-state index < -0.39 is 10.0 Å². The molecule has 1 amide bonds. The quantitative estimate of drug-likeness (QED) is 0.745. The standard InChI is InChI=1S/C21H27N3O4S/c1-21(2,3)16-6-7-19(25)18(13-16)23-20(26)15-8-11-24(12-9-15)29(27,28)17-5-4-10-22-14-17/h4-7,10,13-15,25H,8-9,11-12H2,1-3H3,(H,23,26). The van der Waals surface area contributed by atoms with Crippen LogP contribution in [-0.4, -0.2) is 41.8 Å². The highest BCUT2D eigenvalue weighted by atomic mass is 32.2. The van der Waals surface area contributed by atoms with Gasteiger partial charge >= 0.3 is 0 Å². The molecule has 7 nitrogen and oxygen atoms in total. The normalized spacial score (nSPS) is 16.5. The van der Waals surface area contributed by atoms with E-state index >= 15 is 0 Å². The van der Waals surface area contributed by atoms with Crippen molar-refractivity contribution < 1.29 is 18.3 Å². The molecule has 1 fully saturated rings. The van der Waals surface area contributed by atoms with E-state index in [1.54, 1.807) is 18.2 Å². The number of piperidine rings is 1. The average molecular weight is 418 g/mol. The zero-order valence-corrected chi connectivity index (χ0v) is 17.7. The second-order valence-electron chi connectivity index (χ2n) is 8.34. The number of aromatic hydroxyl groups is 1. The number of nitrogens with one attached hydrogen (secondary N) is 1. The first-order valence-corrected chi connectivity index (χ1v) is 11.1. The minimum absolute atomic E-state index is 0.0166. The lowest BCUT2D eigenvalue weighted by atomic mass is 9.86. The molecule has 156 valence electrons. The number of aromatic nitrogens is 1. The summed E-state index contributed by atoms with van der Waals surface area (Å²) in [6.45, 7) is 6.71. The van der Waals surface area contributed by atoms with Gasteiger partial charge in [-0.25, -0.2) is 8.42 Å². The Labute approximate surface area is 171 Å². The van der Waals surface area contributed by atoms with Gasteiger partial charge < -0.3 is 10.4 Å². The molecule has 0 spiro atoms. The number of pyridine rings is 1. The highest BCUT2D eigenvalue weighted by molar-refractivity contribution is 7.89. The van der Waals surface area contributed by atoms with Crippen LogP contribution in [-0.2, 0) is 20.2 Å². The first-order valence-electron chi connectivity index (χ1n) is 9.63. The molecular weight excluding hydrogens is 390 g/mol. The largest absolute Gasteiger partial charge is 0.506 e. The van der Waals surface area contributed by atoms with Gasteiger partial charge in [-0.05, 0) is 48.1 Å². The lowest BCUT2D eigenvalue weighted by Gasteiger charge is -2.30. The van der Waals surface area contributed by atoms with Crippen molar-refractivity contribution in [2.45, 2.75) is 43.9 Å². The third kappa shape index (κ3) is 4.76. The molecule has 2 heterocycles. The molecule has 0 bridgehead atoms. The second kappa shape index (κ2) is 8.12. The van der Waals surface area contributed by atoms with E-state index in [1.807, 2.05) is 6.07 Å². The SMILES string of the molecule is CC(C)(C)c1ccc(O)c(NC(=O)C2CCN(S(=O)(=O)c3cccnc3)CC2)c1. The minimum atomic E-state index is -3.60. The summed E-state index contributed by atoms with van der Waals surface area (Å²) in [7, 11) is -3.60. The van der Waals surface area contributed by atoms with Gasteiger partial charge in [0.25, 0.3) is 0 Å². The summed E-state index contributed by atoms with van der Waals surface area (Å²) in [5.74, 6) is -0.499. The molecule has 0 saturated carbocycles. The van der Waals surface area contributed by atoms with E-state index in [1.165, 1.54) is 22.8 Å². The van der Waals surface area contributed by atoms with Crippen molar-refractivity contribution in [2.75, 3.05) is 18.4 Å². The number of carbonyl (C=O) groups excluding carboxylic acids is 1. The summed E-state index contributed by atoms with van der Waals surface area (Å²) in [6, 6.07) is 8.32. The third-order valence-electron chi connectivity index (χ3n) is 5.22. The van der Waals surface area contributed by atoms with E-state index in [-0.39, 0.29) is 41.0 Å². The summed E-state index contributed by atoms with van der Waals surface area (Å²) >= 11 is 0. The number of nitrogens with zero attached hydrogens (tertiary/aromatic N) is 2. The lowest BCUT2D eigenvalue weighted by molar-refractivity contribution is -0.120. The van der Waals surface area contributed by atoms with E-state index in [4.69, 9.17) is 0 Å². The Morgan fingerprint density at radius 3 is 2.48 bits per heavy atom. The second-order valence-corrected chi connectivity index (χ2v) is 10.3. The Morgan fingerprint density at radius 2 is 1.90 bits per heavy atom. The summed E-state index contributed by atoms with van der Waals surface area (Å²) in [5, 5.41) is 12.9. The summed E-state index contributed by atoms with van der Waals surface area (Å²) in [5.41, 5.74) is 1.27. The van der Waals surface area contributed by atoms with Crippen molar-refractivity contribution in [2.24, 2.45) is 5.92 Å². The molecule has 29 heavy (non-hydrogen) atoms. The molecule has 1 aromatic heterocycles. The topological polar surface area (TPSA) is 99.6 Å². The van der Waals surface area contributed by atoms with Gasteiger partial charge in [0.15, 0.2) is 0 Å². The fourth-order valence-electron chi connectivity index (χ4n) is 3.34. The Bertz CT molecular complexity index is 977. The maximum Gasteiger partial charge on any atom is 0.244 e. The zero-order chi connectivity index (χ0) is 21.2. The molecule has 1 aliphatic rings. The maximum atomic E-state index is 12.7. The van der Waals surface area contributed by atoms with E-state index in [0.717, 1.165) is 5.56 Å². The number of anilines is 1. The molecule has 3 rings (SSSR count). The van der Waals surface area contributed by atoms with Gasteiger partial charge in [-0.1, -0.05) is 26.8 Å². The monoisotopic (exact) mass is 417 g/mol. The van der Waals surface area contributed by atoms with Crippen molar-refractivity contribution in [3.63, 3.8) is 0 Å². The minimum Gasteiger partial charge on any atom is -0.506 e. The van der Waals surface area contributed by atoms with Gasteiger partial charge in [0.1, 0.15) is 10.6 Å². The van der Waals surface area contributed by atoms with Crippen molar-refractivity contribution >= 4 is 21.6 Å². The lowest BCUT2D eigenvalue weighted by Crippen LogP contribution is -2.41. The fourth-order valence-corrected chi connectivity index (χ4v) is 4.78. The van der Waals surface area contributed by atoms with E-state index in [0.29, 0.717) is 18.5 Å². The molecule has 1 aliphatic heterocycles. The van der Waals surface area contributed by atoms with Crippen LogP contribution >= 0.6 is 0 Å². The number of phenols is 1. The predicted octanol–water partition coefficient (Wildman–Crippen LogP) is 3.12. The van der Waals surface area contributed by atoms with Crippen LogP contribution in [0.5, 0.6) is 5.75 Å². The van der Waals surface area contributed by atoms with Crippen LogP contribution in [0.3, 0.4) is 0 Å². The smallest absolute Gasteiger partial charge is 0.244 e. The van der Waals surface area contributed by atoms with Crippen LogP contribution in [0.25, 0.3) is 0 Å². The third-order valence-corrected chi connectivity index (χ3v) is 7.10. The molecule has 1 saturated heterocycles. The van der Waals surface area contributed by atoms with Gasteiger partial charge in [-0.2, -0.15) is 4.31 Å². The first-order chi connectivity index (χ1) is 13.6. The molecule has 0 atom stereocenters. The predicted molar refractivity (Wildman–Crippen MR) is 111 cm³/mol. The van der Waals surface area contributed by atoms with Crippen LogP contribution in [0, 0.1) is 5.92 Å². The number of hydrogen-bond donors (Lipinski definition) is 2. The highest BCUT2D eigenvalue weighted by Crippen LogP contribution is 2.32. The van der Waals surface area contributed by atoms with Crippen LogP contribution in [0.4, 0.5) is 5.69 Å². The molecule has 0 radical (unpaired) electrons. The molecule has 0 aliphatic carbocycles. The van der Waals surface area contributed by atoms with Crippen molar-refractivity contribution in [1.82, 2.24) is 9.29 Å². The van der Waals surface area contributed by atoms with E-state index in [9.17, 15) is 18.3 Å². The van der Waals surface area contributed by atoms with Gasteiger partial charge in [-0.15, -0.1) is 0 Å². The van der Waals surface area contributed by atoms with Crippen molar-refractivity contribution in [3.8, 4) is 5.75 Å². The Morgan fingerprint density at radius 1 is 1.21 bits per heavy atom. The molecule has 8 heteroatoms. The van der Waals surface area contributed by atoms with Crippen LogP contribution in [0.1, 0.15) is 39.2 Å². The highest BCUT2D eigenvalue weighted by Gasteiger charge is 2.32. The zero-order valence-electron chi connectivity index (χ0n) is 16.9.